The van der Waals surface area contributed by atoms with E-state index in [9.17, 15) is 14.9 Å². The van der Waals surface area contributed by atoms with Crippen molar-refractivity contribution in [1.82, 2.24) is 0 Å². The predicted molar refractivity (Wildman–Crippen MR) is 133 cm³/mol. The fourth-order valence-electron chi connectivity index (χ4n) is 2.78. The number of ether oxygens (including phenoxy) is 1. The molecule has 0 spiro atoms. The Morgan fingerprint density at radius 1 is 1.03 bits per heavy atom. The van der Waals surface area contributed by atoms with Crippen LogP contribution in [0.4, 0.5) is 11.4 Å². The van der Waals surface area contributed by atoms with Gasteiger partial charge in [-0.2, -0.15) is 0 Å². The van der Waals surface area contributed by atoms with Gasteiger partial charge in [0.25, 0.3) is 5.69 Å². The molecule has 162 valence electrons. The van der Waals surface area contributed by atoms with Crippen LogP contribution in [0.2, 0.25) is 0 Å². The lowest BCUT2D eigenvalue weighted by molar-refractivity contribution is -0.384. The molecule has 6 nitrogen and oxygen atoms in total. The van der Waals surface area contributed by atoms with Gasteiger partial charge >= 0.3 is 5.97 Å². The number of hydrogen-bond acceptors (Lipinski definition) is 5. The molecule has 0 atom stereocenters. The maximum atomic E-state index is 12.2. The first-order valence-electron chi connectivity index (χ1n) is 9.48. The van der Waals surface area contributed by atoms with Crippen LogP contribution in [0.5, 0.6) is 5.75 Å². The van der Waals surface area contributed by atoms with Crippen molar-refractivity contribution < 1.29 is 14.5 Å². The quantitative estimate of drug-likeness (QED) is 0.0807. The van der Waals surface area contributed by atoms with Gasteiger partial charge in [-0.1, -0.05) is 12.1 Å². The lowest BCUT2D eigenvalue weighted by atomic mass is 10.1. The van der Waals surface area contributed by atoms with Crippen LogP contribution in [-0.4, -0.2) is 17.1 Å². The molecule has 0 radical (unpaired) electrons. The van der Waals surface area contributed by atoms with Crippen LogP contribution in [0, 0.1) is 24.0 Å². The highest BCUT2D eigenvalue weighted by molar-refractivity contribution is 9.11. The normalized spacial score (nSPS) is 11.2. The highest BCUT2D eigenvalue weighted by atomic mass is 79.9. The van der Waals surface area contributed by atoms with Gasteiger partial charge < -0.3 is 4.74 Å². The Hall–Kier alpha value is -3.10. The van der Waals surface area contributed by atoms with Crippen molar-refractivity contribution >= 4 is 61.5 Å². The Bertz CT molecular complexity index is 1210. The summed E-state index contributed by atoms with van der Waals surface area (Å²) in [5.74, 6) is -0.242. The molecule has 0 heterocycles. The Balaban J connectivity index is 1.72. The zero-order valence-corrected chi connectivity index (χ0v) is 20.4. The molecule has 0 bridgehead atoms. The summed E-state index contributed by atoms with van der Waals surface area (Å²) in [6.45, 7) is 4.07. The molecule has 0 amide bonds. The first-order chi connectivity index (χ1) is 15.2. The van der Waals surface area contributed by atoms with Crippen LogP contribution in [0.3, 0.4) is 0 Å². The Morgan fingerprint density at radius 3 is 2.31 bits per heavy atom. The van der Waals surface area contributed by atoms with E-state index in [1.165, 1.54) is 29.8 Å². The van der Waals surface area contributed by atoms with Crippen LogP contribution in [0.15, 0.2) is 74.6 Å². The molecule has 0 saturated heterocycles. The monoisotopic (exact) mass is 556 g/mol. The summed E-state index contributed by atoms with van der Waals surface area (Å²) in [4.78, 5) is 27.0. The van der Waals surface area contributed by atoms with E-state index < -0.39 is 10.9 Å². The van der Waals surface area contributed by atoms with Gasteiger partial charge in [0.1, 0.15) is 0 Å². The number of esters is 1. The number of rotatable bonds is 6. The van der Waals surface area contributed by atoms with Crippen LogP contribution in [0.1, 0.15) is 22.3 Å². The van der Waals surface area contributed by atoms with Crippen molar-refractivity contribution in [2.45, 2.75) is 13.8 Å². The van der Waals surface area contributed by atoms with Gasteiger partial charge in [-0.25, -0.2) is 4.79 Å². The molecular weight excluding hydrogens is 540 g/mol. The average Bonchev–Trinajstić information content (AvgIpc) is 2.76. The molecule has 0 fully saturated rings. The number of nitro benzene ring substituents is 1. The summed E-state index contributed by atoms with van der Waals surface area (Å²) in [5.41, 5.74) is 4.63. The van der Waals surface area contributed by atoms with Gasteiger partial charge in [-0.15, -0.1) is 0 Å². The SMILES string of the molecule is Cc1cccc(N=Cc2cc(Br)c(OC(=O)/C=C\c3ccc([N+](=O)[O-])cc3)c(Br)c2)c1C. The molecule has 0 aliphatic carbocycles. The van der Waals surface area contributed by atoms with Gasteiger partial charge in [-0.05, 0) is 104 Å². The third kappa shape index (κ3) is 5.99. The van der Waals surface area contributed by atoms with Crippen LogP contribution in [0.25, 0.3) is 6.08 Å². The summed E-state index contributed by atoms with van der Waals surface area (Å²) >= 11 is 6.88. The summed E-state index contributed by atoms with van der Waals surface area (Å²) in [5, 5.41) is 10.7. The third-order valence-electron chi connectivity index (χ3n) is 4.67. The van der Waals surface area contributed by atoms with Crippen molar-refractivity contribution in [2.24, 2.45) is 4.99 Å². The average molecular weight is 558 g/mol. The minimum absolute atomic E-state index is 0.0150. The van der Waals surface area contributed by atoms with E-state index in [1.807, 2.05) is 44.2 Å². The molecular formula is C24H18Br2N2O4. The van der Waals surface area contributed by atoms with Crippen LogP contribution in [-0.2, 0) is 4.79 Å². The van der Waals surface area contributed by atoms with E-state index in [4.69, 9.17) is 4.74 Å². The number of aliphatic imine (C=N–C) groups is 1. The fraction of sp³-hybridized carbons (Fsp3) is 0.0833. The standard InChI is InChI=1S/C24H18Br2N2O4/c1-15-4-3-5-22(16(15)2)27-14-18-12-20(25)24(21(26)13-18)32-23(29)11-8-17-6-9-19(10-7-17)28(30)31/h3-14H,1-2H3/b11-8-,27-14?. The maximum Gasteiger partial charge on any atom is 0.336 e. The second-order valence-electron chi connectivity index (χ2n) is 6.89. The van der Waals surface area contributed by atoms with Crippen molar-refractivity contribution in [1.29, 1.82) is 0 Å². The smallest absolute Gasteiger partial charge is 0.336 e. The number of nitrogens with zero attached hydrogens (tertiary/aromatic N) is 2. The van der Waals surface area contributed by atoms with Crippen molar-refractivity contribution in [3.05, 3.63) is 102 Å². The first kappa shape index (κ1) is 23.6. The summed E-state index contributed by atoms with van der Waals surface area (Å²) in [6.07, 6.45) is 4.53. The number of benzene rings is 3. The minimum atomic E-state index is -0.582. The number of aryl methyl sites for hydroxylation is 1. The second kappa shape index (κ2) is 10.5. The number of carbonyl (C=O) groups is 1. The Morgan fingerprint density at radius 2 is 1.69 bits per heavy atom. The minimum Gasteiger partial charge on any atom is -0.421 e. The second-order valence-corrected chi connectivity index (χ2v) is 8.60. The van der Waals surface area contributed by atoms with Gasteiger partial charge in [-0.3, -0.25) is 15.1 Å². The van der Waals surface area contributed by atoms with E-state index in [2.05, 4.69) is 36.9 Å². The summed E-state index contributed by atoms with van der Waals surface area (Å²) in [7, 11) is 0. The zero-order chi connectivity index (χ0) is 23.3. The van der Waals surface area contributed by atoms with Gasteiger partial charge in [0.15, 0.2) is 5.75 Å². The number of carbonyl (C=O) groups excluding carboxylic acids is 1. The topological polar surface area (TPSA) is 81.8 Å². The lowest BCUT2D eigenvalue weighted by Crippen LogP contribution is -2.05. The molecule has 0 aliphatic heterocycles. The van der Waals surface area contributed by atoms with E-state index >= 15 is 0 Å². The maximum absolute atomic E-state index is 12.2. The summed E-state index contributed by atoms with van der Waals surface area (Å²) < 4.78 is 6.62. The van der Waals surface area contributed by atoms with Gasteiger partial charge in [0.2, 0.25) is 0 Å². The number of hydrogen-bond donors (Lipinski definition) is 0. The zero-order valence-electron chi connectivity index (χ0n) is 17.2. The van der Waals surface area contributed by atoms with E-state index in [0.717, 1.165) is 16.8 Å². The molecule has 0 aromatic heterocycles. The van der Waals surface area contributed by atoms with E-state index in [1.54, 1.807) is 18.3 Å². The highest BCUT2D eigenvalue weighted by Gasteiger charge is 2.12. The lowest BCUT2D eigenvalue weighted by Gasteiger charge is -2.08. The van der Waals surface area contributed by atoms with Crippen LogP contribution >= 0.6 is 31.9 Å². The predicted octanol–water partition coefficient (Wildman–Crippen LogP) is 7.11. The van der Waals surface area contributed by atoms with Gasteiger partial charge in [0.05, 0.1) is 19.6 Å². The van der Waals surface area contributed by atoms with Crippen molar-refractivity contribution in [3.8, 4) is 5.75 Å². The van der Waals surface area contributed by atoms with Crippen LogP contribution < -0.4 is 4.74 Å². The van der Waals surface area contributed by atoms with E-state index in [0.29, 0.717) is 20.3 Å². The number of non-ortho nitro benzene ring substituents is 1. The third-order valence-corrected chi connectivity index (χ3v) is 5.85. The molecule has 32 heavy (non-hydrogen) atoms. The molecule has 3 rings (SSSR count). The van der Waals surface area contributed by atoms with Crippen molar-refractivity contribution in [3.63, 3.8) is 0 Å². The molecule has 0 N–H and O–H groups in total. The molecule has 3 aromatic carbocycles. The molecule has 0 aliphatic rings. The largest absolute Gasteiger partial charge is 0.421 e. The number of nitro groups is 1. The molecule has 0 saturated carbocycles. The number of halogens is 2. The van der Waals surface area contributed by atoms with Gasteiger partial charge in [0, 0.05) is 24.4 Å². The fourth-order valence-corrected chi connectivity index (χ4v) is 4.16. The molecule has 3 aromatic rings. The Kier molecular flexibility index (Phi) is 7.71. The Labute approximate surface area is 202 Å². The molecule has 8 heteroatoms. The molecule has 0 unspecified atom stereocenters. The van der Waals surface area contributed by atoms with Crippen molar-refractivity contribution in [2.75, 3.05) is 0 Å². The summed E-state index contributed by atoms with van der Waals surface area (Å²) in [6, 6.07) is 15.4. The van der Waals surface area contributed by atoms with E-state index in [-0.39, 0.29) is 5.69 Å². The first-order valence-corrected chi connectivity index (χ1v) is 11.1. The highest BCUT2D eigenvalue weighted by Crippen LogP contribution is 2.35.